The summed E-state index contributed by atoms with van der Waals surface area (Å²) in [6, 6.07) is 5.42. The maximum atomic E-state index is 13.2. The highest BCUT2D eigenvalue weighted by Crippen LogP contribution is 2.17. The second-order valence-electron chi connectivity index (χ2n) is 4.56. The highest BCUT2D eigenvalue weighted by molar-refractivity contribution is 5.97. The summed E-state index contributed by atoms with van der Waals surface area (Å²) in [5.74, 6) is -0.999. The lowest BCUT2D eigenvalue weighted by Gasteiger charge is -2.08. The molecule has 0 aliphatic rings. The van der Waals surface area contributed by atoms with Crippen LogP contribution in [0.3, 0.4) is 0 Å². The van der Waals surface area contributed by atoms with Crippen LogP contribution < -0.4 is 0 Å². The number of Topliss-reactive ketones (excluding diaryl/α,β-unsaturated/α-hetero) is 1. The minimum Gasteiger partial charge on any atom is -0.343 e. The van der Waals surface area contributed by atoms with Gasteiger partial charge >= 0.3 is 0 Å². The van der Waals surface area contributed by atoms with Crippen molar-refractivity contribution in [2.45, 2.75) is 6.92 Å². The molecule has 0 bridgehead atoms. The molecule has 2 aromatic rings. The van der Waals surface area contributed by atoms with Crippen LogP contribution in [0, 0.1) is 5.82 Å². The average molecular weight is 275 g/mol. The molecule has 1 aromatic carbocycles. The Morgan fingerprint density at radius 1 is 1.25 bits per heavy atom. The molecule has 0 aliphatic heterocycles. The summed E-state index contributed by atoms with van der Waals surface area (Å²) < 4.78 is 14.6. The van der Waals surface area contributed by atoms with Crippen LogP contribution in [0.25, 0.3) is 5.69 Å². The molecule has 2 rings (SSSR count). The van der Waals surface area contributed by atoms with Crippen LogP contribution in [0.5, 0.6) is 0 Å². The zero-order valence-corrected chi connectivity index (χ0v) is 11.4. The Labute approximate surface area is 115 Å². The van der Waals surface area contributed by atoms with Gasteiger partial charge in [-0.2, -0.15) is 5.10 Å². The van der Waals surface area contributed by atoms with Crippen molar-refractivity contribution in [3.05, 3.63) is 47.5 Å². The summed E-state index contributed by atoms with van der Waals surface area (Å²) in [6.45, 7) is 1.35. The van der Waals surface area contributed by atoms with Gasteiger partial charge in [-0.05, 0) is 31.2 Å². The molecule has 0 radical (unpaired) electrons. The Kier molecular flexibility index (Phi) is 3.65. The first-order valence-electron chi connectivity index (χ1n) is 5.98. The standard InChI is InChI=1S/C14H14FN3O2/c1-9(19)11-8-10(15)4-5-13(11)18-7-6-12(16-18)14(20)17(2)3/h4-8H,1-3H3. The van der Waals surface area contributed by atoms with Crippen molar-refractivity contribution in [1.82, 2.24) is 14.7 Å². The third-order valence-electron chi connectivity index (χ3n) is 2.80. The van der Waals surface area contributed by atoms with Gasteiger partial charge in [0, 0.05) is 25.9 Å². The fourth-order valence-electron chi connectivity index (χ4n) is 1.79. The first-order chi connectivity index (χ1) is 9.40. The van der Waals surface area contributed by atoms with Gasteiger partial charge in [0.25, 0.3) is 5.91 Å². The second-order valence-corrected chi connectivity index (χ2v) is 4.56. The number of aromatic nitrogens is 2. The molecule has 0 unspecified atom stereocenters. The summed E-state index contributed by atoms with van der Waals surface area (Å²) in [6.07, 6.45) is 1.57. The molecule has 0 spiro atoms. The zero-order valence-electron chi connectivity index (χ0n) is 11.4. The number of nitrogens with zero attached hydrogens (tertiary/aromatic N) is 3. The van der Waals surface area contributed by atoms with Gasteiger partial charge in [-0.25, -0.2) is 9.07 Å². The van der Waals surface area contributed by atoms with Crippen LogP contribution in [-0.4, -0.2) is 40.5 Å². The number of benzene rings is 1. The fraction of sp³-hybridized carbons (Fsp3) is 0.214. The van der Waals surface area contributed by atoms with Crippen LogP contribution in [0.1, 0.15) is 27.8 Å². The monoisotopic (exact) mass is 275 g/mol. The number of rotatable bonds is 3. The molecule has 5 nitrogen and oxygen atoms in total. The summed E-state index contributed by atoms with van der Waals surface area (Å²) in [5, 5.41) is 4.13. The summed E-state index contributed by atoms with van der Waals surface area (Å²) in [7, 11) is 3.25. The van der Waals surface area contributed by atoms with E-state index in [1.54, 1.807) is 26.4 Å². The quantitative estimate of drug-likeness (QED) is 0.804. The Bertz CT molecular complexity index is 677. The maximum absolute atomic E-state index is 13.2. The first kappa shape index (κ1) is 13.9. The molecule has 0 atom stereocenters. The van der Waals surface area contributed by atoms with E-state index in [0.717, 1.165) is 6.07 Å². The van der Waals surface area contributed by atoms with Gasteiger partial charge in [0.2, 0.25) is 0 Å². The minimum absolute atomic E-state index is 0.219. The number of ketones is 1. The molecular formula is C14H14FN3O2. The van der Waals surface area contributed by atoms with E-state index in [2.05, 4.69) is 5.10 Å². The number of hydrogen-bond donors (Lipinski definition) is 0. The zero-order chi connectivity index (χ0) is 14.9. The Morgan fingerprint density at radius 3 is 2.55 bits per heavy atom. The van der Waals surface area contributed by atoms with Crippen molar-refractivity contribution in [2.24, 2.45) is 0 Å². The Hall–Kier alpha value is -2.50. The number of carbonyl (C=O) groups is 2. The number of carbonyl (C=O) groups excluding carboxylic acids is 2. The van der Waals surface area contributed by atoms with Crippen LogP contribution in [0.4, 0.5) is 4.39 Å². The van der Waals surface area contributed by atoms with Crippen molar-refractivity contribution in [3.63, 3.8) is 0 Å². The van der Waals surface area contributed by atoms with Crippen molar-refractivity contribution in [3.8, 4) is 5.69 Å². The van der Waals surface area contributed by atoms with Gasteiger partial charge in [-0.15, -0.1) is 0 Å². The molecule has 1 heterocycles. The van der Waals surface area contributed by atoms with Crippen molar-refractivity contribution in [1.29, 1.82) is 0 Å². The molecule has 0 aliphatic carbocycles. The topological polar surface area (TPSA) is 55.2 Å². The van der Waals surface area contributed by atoms with E-state index in [0.29, 0.717) is 5.69 Å². The lowest BCUT2D eigenvalue weighted by atomic mass is 10.1. The predicted molar refractivity (Wildman–Crippen MR) is 71.5 cm³/mol. The minimum atomic E-state index is -0.490. The third kappa shape index (κ3) is 2.59. The SMILES string of the molecule is CC(=O)c1cc(F)ccc1-n1ccc(C(=O)N(C)C)n1. The first-order valence-corrected chi connectivity index (χ1v) is 5.98. The lowest BCUT2D eigenvalue weighted by Crippen LogP contribution is -2.22. The van der Waals surface area contributed by atoms with Gasteiger partial charge < -0.3 is 4.90 Å². The van der Waals surface area contributed by atoms with Gasteiger partial charge in [0.15, 0.2) is 11.5 Å². The smallest absolute Gasteiger partial charge is 0.273 e. The average Bonchev–Trinajstić information content (AvgIpc) is 2.86. The molecule has 0 saturated carbocycles. The van der Waals surface area contributed by atoms with E-state index in [9.17, 15) is 14.0 Å². The van der Waals surface area contributed by atoms with Gasteiger partial charge in [-0.1, -0.05) is 0 Å². The van der Waals surface area contributed by atoms with E-state index in [-0.39, 0.29) is 22.9 Å². The lowest BCUT2D eigenvalue weighted by molar-refractivity contribution is 0.0821. The van der Waals surface area contributed by atoms with Gasteiger partial charge in [-0.3, -0.25) is 9.59 Å². The summed E-state index contributed by atoms with van der Waals surface area (Å²) in [5.41, 5.74) is 0.919. The third-order valence-corrected chi connectivity index (χ3v) is 2.80. The van der Waals surface area contributed by atoms with Gasteiger partial charge in [0.05, 0.1) is 5.69 Å². The normalized spacial score (nSPS) is 10.4. The molecule has 0 saturated heterocycles. The molecule has 0 fully saturated rings. The number of halogens is 1. The number of amides is 1. The van der Waals surface area contributed by atoms with Crippen LogP contribution in [-0.2, 0) is 0 Å². The maximum Gasteiger partial charge on any atom is 0.273 e. The van der Waals surface area contributed by atoms with E-state index >= 15 is 0 Å². The van der Waals surface area contributed by atoms with Crippen molar-refractivity contribution < 1.29 is 14.0 Å². The summed E-state index contributed by atoms with van der Waals surface area (Å²) in [4.78, 5) is 24.7. The highest BCUT2D eigenvalue weighted by atomic mass is 19.1. The molecular weight excluding hydrogens is 261 g/mol. The fourth-order valence-corrected chi connectivity index (χ4v) is 1.79. The van der Waals surface area contributed by atoms with Crippen molar-refractivity contribution in [2.75, 3.05) is 14.1 Å². The highest BCUT2D eigenvalue weighted by Gasteiger charge is 2.15. The van der Waals surface area contributed by atoms with Crippen LogP contribution >= 0.6 is 0 Å². The molecule has 0 N–H and O–H groups in total. The Balaban J connectivity index is 2.48. The Morgan fingerprint density at radius 2 is 1.95 bits per heavy atom. The van der Waals surface area contributed by atoms with E-state index < -0.39 is 5.82 Å². The molecule has 6 heteroatoms. The predicted octanol–water partition coefficient (Wildman–Crippen LogP) is 1.92. The van der Waals surface area contributed by atoms with E-state index in [4.69, 9.17) is 0 Å². The van der Waals surface area contributed by atoms with Crippen molar-refractivity contribution >= 4 is 11.7 Å². The molecule has 1 amide bonds. The molecule has 104 valence electrons. The number of hydrogen-bond acceptors (Lipinski definition) is 3. The van der Waals surface area contributed by atoms with Crippen LogP contribution in [0.2, 0.25) is 0 Å². The molecule has 1 aromatic heterocycles. The largest absolute Gasteiger partial charge is 0.343 e. The van der Waals surface area contributed by atoms with E-state index in [1.165, 1.54) is 28.6 Å². The van der Waals surface area contributed by atoms with Crippen LogP contribution in [0.15, 0.2) is 30.5 Å². The van der Waals surface area contributed by atoms with Gasteiger partial charge in [0.1, 0.15) is 5.82 Å². The summed E-state index contributed by atoms with van der Waals surface area (Å²) >= 11 is 0. The molecule has 20 heavy (non-hydrogen) atoms. The second kappa shape index (κ2) is 5.24. The van der Waals surface area contributed by atoms with E-state index in [1.807, 2.05) is 0 Å².